The Morgan fingerprint density at radius 2 is 2.00 bits per heavy atom. The Kier molecular flexibility index (Phi) is 4.27. The molecule has 0 radical (unpaired) electrons. The Balaban J connectivity index is 2.50. The third kappa shape index (κ3) is 2.64. The van der Waals surface area contributed by atoms with Crippen LogP contribution in [-0.2, 0) is 10.0 Å². The highest BCUT2D eigenvalue weighted by Gasteiger charge is 2.37. The van der Waals surface area contributed by atoms with Gasteiger partial charge < -0.3 is 5.73 Å². The Bertz CT molecular complexity index is 622. The Labute approximate surface area is 121 Å². The molecule has 20 heavy (non-hydrogen) atoms. The van der Waals surface area contributed by atoms with Crippen molar-refractivity contribution in [2.75, 3.05) is 18.0 Å². The molecule has 1 aromatic carbocycles. The summed E-state index contributed by atoms with van der Waals surface area (Å²) in [5, 5.41) is 0.0903. The van der Waals surface area contributed by atoms with E-state index in [2.05, 4.69) is 0 Å². The van der Waals surface area contributed by atoms with E-state index in [1.54, 1.807) is 18.7 Å². The average molecular weight is 322 g/mol. The highest BCUT2D eigenvalue weighted by molar-refractivity contribution is 8.00. The number of rotatable bonds is 2. The topological polar surface area (TPSA) is 63.4 Å². The minimum Gasteiger partial charge on any atom is -0.399 e. The van der Waals surface area contributed by atoms with E-state index in [1.807, 2.05) is 6.92 Å². The van der Waals surface area contributed by atoms with Crippen molar-refractivity contribution in [2.45, 2.75) is 30.0 Å². The van der Waals surface area contributed by atoms with Crippen LogP contribution in [0.15, 0.2) is 17.0 Å². The number of sulfonamides is 1. The van der Waals surface area contributed by atoms with Gasteiger partial charge in [0.15, 0.2) is 11.6 Å². The summed E-state index contributed by atoms with van der Waals surface area (Å²) in [7, 11) is -4.09. The third-order valence-electron chi connectivity index (χ3n) is 3.43. The lowest BCUT2D eigenvalue weighted by molar-refractivity contribution is 0.337. The first kappa shape index (κ1) is 15.5. The van der Waals surface area contributed by atoms with E-state index < -0.39 is 26.6 Å². The van der Waals surface area contributed by atoms with Gasteiger partial charge in [-0.25, -0.2) is 17.2 Å². The van der Waals surface area contributed by atoms with E-state index in [0.29, 0.717) is 5.75 Å². The highest BCUT2D eigenvalue weighted by atomic mass is 32.2. The van der Waals surface area contributed by atoms with Gasteiger partial charge in [0.05, 0.1) is 0 Å². The summed E-state index contributed by atoms with van der Waals surface area (Å²) in [6.07, 6.45) is 0. The molecule has 0 spiro atoms. The molecule has 1 saturated heterocycles. The van der Waals surface area contributed by atoms with Crippen molar-refractivity contribution < 1.29 is 17.2 Å². The fourth-order valence-electron chi connectivity index (χ4n) is 2.14. The number of nitrogens with zero attached hydrogens (tertiary/aromatic N) is 1. The van der Waals surface area contributed by atoms with Crippen molar-refractivity contribution >= 4 is 27.5 Å². The molecule has 1 aliphatic rings. The van der Waals surface area contributed by atoms with Crippen molar-refractivity contribution in [1.82, 2.24) is 4.31 Å². The highest BCUT2D eigenvalue weighted by Crippen LogP contribution is 2.31. The Morgan fingerprint density at radius 1 is 1.35 bits per heavy atom. The maximum absolute atomic E-state index is 13.8. The van der Waals surface area contributed by atoms with Gasteiger partial charge in [-0.15, -0.1) is 0 Å². The summed E-state index contributed by atoms with van der Waals surface area (Å²) >= 11 is 1.65. The molecule has 2 N–H and O–H groups in total. The molecule has 1 fully saturated rings. The van der Waals surface area contributed by atoms with Crippen LogP contribution in [0.25, 0.3) is 0 Å². The first-order chi connectivity index (χ1) is 9.25. The molecule has 0 saturated carbocycles. The zero-order valence-electron chi connectivity index (χ0n) is 11.1. The van der Waals surface area contributed by atoms with Crippen LogP contribution in [-0.4, -0.2) is 36.3 Å². The van der Waals surface area contributed by atoms with Gasteiger partial charge in [0.2, 0.25) is 10.0 Å². The van der Waals surface area contributed by atoms with Crippen molar-refractivity contribution in [3.05, 3.63) is 23.8 Å². The summed E-state index contributed by atoms with van der Waals surface area (Å²) in [4.78, 5) is -0.694. The number of thioether (sulfide) groups is 1. The van der Waals surface area contributed by atoms with Crippen molar-refractivity contribution in [1.29, 1.82) is 0 Å². The molecule has 8 heteroatoms. The van der Waals surface area contributed by atoms with Gasteiger partial charge in [0.25, 0.3) is 0 Å². The molecular weight excluding hydrogens is 306 g/mol. The van der Waals surface area contributed by atoms with E-state index in [0.717, 1.165) is 12.1 Å². The van der Waals surface area contributed by atoms with Gasteiger partial charge in [0, 0.05) is 29.3 Å². The molecule has 2 rings (SSSR count). The van der Waals surface area contributed by atoms with Crippen LogP contribution in [0.5, 0.6) is 0 Å². The van der Waals surface area contributed by atoms with E-state index in [1.165, 1.54) is 4.31 Å². The van der Waals surface area contributed by atoms with Crippen LogP contribution in [0.3, 0.4) is 0 Å². The largest absolute Gasteiger partial charge is 0.399 e. The maximum atomic E-state index is 13.8. The lowest BCUT2D eigenvalue weighted by Gasteiger charge is -2.36. The number of hydrogen-bond donors (Lipinski definition) is 1. The van der Waals surface area contributed by atoms with Gasteiger partial charge in [-0.1, -0.05) is 6.92 Å². The van der Waals surface area contributed by atoms with Crippen LogP contribution in [0.1, 0.15) is 13.8 Å². The number of halogens is 2. The second-order valence-corrected chi connectivity index (χ2v) is 8.09. The predicted octanol–water partition coefficient (Wildman–Crippen LogP) is 2.06. The van der Waals surface area contributed by atoms with Crippen LogP contribution in [0.2, 0.25) is 0 Å². The van der Waals surface area contributed by atoms with E-state index in [4.69, 9.17) is 5.73 Å². The monoisotopic (exact) mass is 322 g/mol. The smallest absolute Gasteiger partial charge is 0.246 e. The van der Waals surface area contributed by atoms with Crippen LogP contribution in [0.4, 0.5) is 14.5 Å². The number of hydrogen-bond acceptors (Lipinski definition) is 4. The summed E-state index contributed by atoms with van der Waals surface area (Å²) in [6, 6.07) is 1.45. The second kappa shape index (κ2) is 5.50. The zero-order valence-corrected chi connectivity index (χ0v) is 12.8. The van der Waals surface area contributed by atoms with Crippen LogP contribution < -0.4 is 5.73 Å². The summed E-state index contributed by atoms with van der Waals surface area (Å²) < 4.78 is 53.4. The summed E-state index contributed by atoms with van der Waals surface area (Å²) in [5.74, 6) is -2.01. The predicted molar refractivity (Wildman–Crippen MR) is 76.0 cm³/mol. The average Bonchev–Trinajstić information content (AvgIpc) is 2.36. The minimum absolute atomic E-state index is 0.0903. The number of benzene rings is 1. The third-order valence-corrected chi connectivity index (χ3v) is 6.75. The van der Waals surface area contributed by atoms with Crippen molar-refractivity contribution in [3.63, 3.8) is 0 Å². The fourth-order valence-corrected chi connectivity index (χ4v) is 5.25. The standard InChI is InChI=1S/C12H16F2N2O2S2/c1-7-8(2)19-4-3-16(7)20(17,18)11-6-9(15)5-10(13)12(11)14/h5-8H,3-4,15H2,1-2H3. The van der Waals surface area contributed by atoms with Gasteiger partial charge in [-0.05, 0) is 19.1 Å². The molecule has 0 aliphatic carbocycles. The van der Waals surface area contributed by atoms with E-state index in [9.17, 15) is 17.2 Å². The molecule has 1 aliphatic heterocycles. The number of nitrogen functional groups attached to an aromatic ring is 1. The normalized spacial score (nSPS) is 24.8. The lowest BCUT2D eigenvalue weighted by Crippen LogP contribution is -2.48. The molecule has 0 aromatic heterocycles. The molecular formula is C12H16F2N2O2S2. The molecule has 2 unspecified atom stereocenters. The van der Waals surface area contributed by atoms with Crippen LogP contribution in [0, 0.1) is 11.6 Å². The quantitative estimate of drug-likeness (QED) is 0.847. The minimum atomic E-state index is -4.09. The van der Waals surface area contributed by atoms with Crippen molar-refractivity contribution in [3.8, 4) is 0 Å². The molecule has 0 amide bonds. The first-order valence-corrected chi connectivity index (χ1v) is 8.62. The van der Waals surface area contributed by atoms with E-state index in [-0.39, 0.29) is 23.5 Å². The van der Waals surface area contributed by atoms with Gasteiger partial charge in [0.1, 0.15) is 4.90 Å². The number of nitrogens with two attached hydrogens (primary N) is 1. The molecule has 1 aromatic rings. The second-order valence-electron chi connectivity index (χ2n) is 4.75. The molecule has 0 bridgehead atoms. The summed E-state index contributed by atoms with van der Waals surface area (Å²) in [5.41, 5.74) is 5.31. The number of anilines is 1. The SMILES string of the molecule is CC1SCCN(S(=O)(=O)c2cc(N)cc(F)c2F)C1C. The molecule has 112 valence electrons. The van der Waals surface area contributed by atoms with Gasteiger partial charge in [-0.3, -0.25) is 0 Å². The summed E-state index contributed by atoms with van der Waals surface area (Å²) in [6.45, 7) is 3.94. The zero-order chi connectivity index (χ0) is 15.1. The molecule has 4 nitrogen and oxygen atoms in total. The lowest BCUT2D eigenvalue weighted by atomic mass is 10.2. The van der Waals surface area contributed by atoms with Gasteiger partial charge in [-0.2, -0.15) is 16.1 Å². The Morgan fingerprint density at radius 3 is 2.65 bits per heavy atom. The van der Waals surface area contributed by atoms with Crippen LogP contribution >= 0.6 is 11.8 Å². The maximum Gasteiger partial charge on any atom is 0.246 e. The van der Waals surface area contributed by atoms with Crippen molar-refractivity contribution in [2.24, 2.45) is 0 Å². The fraction of sp³-hybridized carbons (Fsp3) is 0.500. The molecule has 1 heterocycles. The van der Waals surface area contributed by atoms with Gasteiger partial charge >= 0.3 is 0 Å². The first-order valence-electron chi connectivity index (χ1n) is 6.13. The van der Waals surface area contributed by atoms with E-state index >= 15 is 0 Å². The Hall–Kier alpha value is -0.860. The molecule has 2 atom stereocenters.